The number of benzene rings is 2. The Labute approximate surface area is 167 Å². The van der Waals surface area contributed by atoms with Gasteiger partial charge in [0.05, 0.1) is 19.1 Å². The van der Waals surface area contributed by atoms with Gasteiger partial charge in [0.15, 0.2) is 0 Å². The van der Waals surface area contributed by atoms with Crippen LogP contribution in [0.5, 0.6) is 0 Å². The molecule has 1 heterocycles. The second-order valence-corrected chi connectivity index (χ2v) is 6.95. The summed E-state index contributed by atoms with van der Waals surface area (Å²) in [6.07, 6.45) is 1.39. The fourth-order valence-corrected chi connectivity index (χ4v) is 3.67. The molecule has 2 aromatic rings. The lowest BCUT2D eigenvalue weighted by Gasteiger charge is -2.40. The van der Waals surface area contributed by atoms with Crippen LogP contribution in [0.15, 0.2) is 48.5 Å². The smallest absolute Gasteiger partial charge is 0.226 e. The predicted molar refractivity (Wildman–Crippen MR) is 116 cm³/mol. The average molecular weight is 377 g/mol. The number of nitrogens with two attached hydrogens (primary N) is 1. The monoisotopic (exact) mass is 376 g/mol. The molecule has 0 aliphatic carbocycles. The van der Waals surface area contributed by atoms with Gasteiger partial charge in [0.2, 0.25) is 5.91 Å². The highest BCUT2D eigenvalue weighted by atomic mass is 16.2. The van der Waals surface area contributed by atoms with Crippen molar-refractivity contribution >= 4 is 23.0 Å². The van der Waals surface area contributed by atoms with Crippen LogP contribution in [0.4, 0.5) is 17.1 Å². The van der Waals surface area contributed by atoms with Crippen LogP contribution in [0.2, 0.25) is 0 Å². The van der Waals surface area contributed by atoms with Crippen LogP contribution >= 0.6 is 0 Å². The molecular formula is C23H28N4O. The topological polar surface area (TPSA) is 70.4 Å². The van der Waals surface area contributed by atoms with Crippen molar-refractivity contribution in [1.29, 1.82) is 0 Å². The van der Waals surface area contributed by atoms with Crippen LogP contribution in [0.25, 0.3) is 0 Å². The van der Waals surface area contributed by atoms with E-state index in [9.17, 15) is 4.79 Å². The Morgan fingerprint density at radius 3 is 2.57 bits per heavy atom. The second-order valence-electron chi connectivity index (χ2n) is 6.95. The van der Waals surface area contributed by atoms with Crippen LogP contribution < -0.4 is 21.3 Å². The van der Waals surface area contributed by atoms with E-state index >= 15 is 0 Å². The molecule has 0 bridgehead atoms. The summed E-state index contributed by atoms with van der Waals surface area (Å²) >= 11 is 0. The van der Waals surface area contributed by atoms with Gasteiger partial charge < -0.3 is 21.3 Å². The molecule has 0 saturated carbocycles. The Bertz CT molecular complexity index is 866. The van der Waals surface area contributed by atoms with Crippen LogP contribution in [0.1, 0.15) is 38.3 Å². The molecule has 0 saturated heterocycles. The fourth-order valence-electron chi connectivity index (χ4n) is 3.67. The molecule has 5 heteroatoms. The maximum absolute atomic E-state index is 12.5. The van der Waals surface area contributed by atoms with E-state index in [2.05, 4.69) is 47.6 Å². The largest absolute Gasteiger partial charge is 0.378 e. The lowest BCUT2D eigenvalue weighted by atomic mass is 9.91. The van der Waals surface area contributed by atoms with E-state index in [0.29, 0.717) is 19.5 Å². The molecule has 4 N–H and O–H groups in total. The molecule has 0 fully saturated rings. The molecule has 5 nitrogen and oxygen atoms in total. The van der Waals surface area contributed by atoms with Crippen LogP contribution in [0, 0.1) is 11.8 Å². The molecule has 2 aromatic carbocycles. The van der Waals surface area contributed by atoms with Gasteiger partial charge in [-0.05, 0) is 49.2 Å². The summed E-state index contributed by atoms with van der Waals surface area (Å²) in [5.41, 5.74) is 9.62. The molecule has 0 unspecified atom stereocenters. The number of carbonyl (C=O) groups is 1. The van der Waals surface area contributed by atoms with Gasteiger partial charge in [0.25, 0.3) is 0 Å². The summed E-state index contributed by atoms with van der Waals surface area (Å²) in [4.78, 5) is 14.4. The Kier molecular flexibility index (Phi) is 6.57. The first-order valence-electron chi connectivity index (χ1n) is 9.81. The van der Waals surface area contributed by atoms with E-state index in [4.69, 9.17) is 5.73 Å². The molecule has 1 amide bonds. The van der Waals surface area contributed by atoms with Gasteiger partial charge in [-0.2, -0.15) is 0 Å². The van der Waals surface area contributed by atoms with Crippen LogP contribution in [-0.4, -0.2) is 25.0 Å². The molecule has 0 radical (unpaired) electrons. The van der Waals surface area contributed by atoms with E-state index in [1.807, 2.05) is 42.2 Å². The normalized spacial score (nSPS) is 17.9. The molecule has 146 valence electrons. The molecular weight excluding hydrogens is 348 g/mol. The van der Waals surface area contributed by atoms with Crippen molar-refractivity contribution < 1.29 is 4.79 Å². The maximum Gasteiger partial charge on any atom is 0.226 e. The van der Waals surface area contributed by atoms with Gasteiger partial charge in [-0.15, -0.1) is 0 Å². The third-order valence-corrected chi connectivity index (χ3v) is 4.99. The number of hydrogen-bond acceptors (Lipinski definition) is 4. The number of nitrogens with one attached hydrogen (secondary N) is 2. The summed E-state index contributed by atoms with van der Waals surface area (Å²) in [6, 6.07) is 16.7. The third kappa shape index (κ3) is 4.47. The number of carbonyl (C=O) groups excluding carboxylic acids is 1. The minimum Gasteiger partial charge on any atom is -0.378 e. The zero-order valence-corrected chi connectivity index (χ0v) is 16.5. The van der Waals surface area contributed by atoms with Gasteiger partial charge >= 0.3 is 0 Å². The Hall–Kier alpha value is -2.97. The summed E-state index contributed by atoms with van der Waals surface area (Å²) in [5, 5.41) is 6.89. The first-order valence-corrected chi connectivity index (χ1v) is 9.81. The standard InChI is InChI=1S/C23H28N4O/c1-3-23(28)27-17(2)16-21(20-8-4-5-9-22(20)27)26-19-12-10-18(11-13-19)25-15-7-6-14-24/h4-5,8-13,17,21,25-26H,3,14-16,24H2,1-2H3/t17-,21+/m0/s1. The number of amides is 1. The summed E-state index contributed by atoms with van der Waals surface area (Å²) in [5.74, 6) is 5.97. The van der Waals surface area contributed by atoms with E-state index in [1.54, 1.807) is 0 Å². The van der Waals surface area contributed by atoms with Gasteiger partial charge in [-0.25, -0.2) is 0 Å². The third-order valence-electron chi connectivity index (χ3n) is 4.99. The molecule has 1 aliphatic heterocycles. The SMILES string of the molecule is CCC(=O)N1c2ccccc2[C@H](Nc2ccc(NCC#CCN)cc2)C[C@@H]1C. The fraction of sp³-hybridized carbons (Fsp3) is 0.348. The molecule has 1 aliphatic rings. The van der Waals surface area contributed by atoms with Crippen molar-refractivity contribution in [2.24, 2.45) is 5.73 Å². The zero-order chi connectivity index (χ0) is 19.9. The summed E-state index contributed by atoms with van der Waals surface area (Å²) in [6.45, 7) is 5.00. The minimum absolute atomic E-state index is 0.155. The quantitative estimate of drug-likeness (QED) is 0.695. The molecule has 28 heavy (non-hydrogen) atoms. The first kappa shape index (κ1) is 19.8. The number of hydrogen-bond donors (Lipinski definition) is 3. The number of anilines is 3. The molecule has 0 aromatic heterocycles. The Balaban J connectivity index is 1.74. The van der Waals surface area contributed by atoms with Gasteiger partial charge in [-0.3, -0.25) is 4.79 Å². The van der Waals surface area contributed by atoms with Crippen molar-refractivity contribution in [3.63, 3.8) is 0 Å². The summed E-state index contributed by atoms with van der Waals surface area (Å²) < 4.78 is 0. The second kappa shape index (κ2) is 9.29. The van der Waals surface area contributed by atoms with E-state index in [1.165, 1.54) is 5.56 Å². The Morgan fingerprint density at radius 2 is 1.86 bits per heavy atom. The van der Waals surface area contributed by atoms with E-state index in [-0.39, 0.29) is 18.0 Å². The molecule has 2 atom stereocenters. The lowest BCUT2D eigenvalue weighted by molar-refractivity contribution is -0.118. The lowest BCUT2D eigenvalue weighted by Crippen LogP contribution is -2.44. The van der Waals surface area contributed by atoms with Crippen LogP contribution in [-0.2, 0) is 4.79 Å². The van der Waals surface area contributed by atoms with Crippen molar-refractivity contribution in [3.05, 3.63) is 54.1 Å². The molecule has 3 rings (SSSR count). The van der Waals surface area contributed by atoms with Gasteiger partial charge in [-0.1, -0.05) is 37.0 Å². The average Bonchev–Trinajstić information content (AvgIpc) is 2.72. The van der Waals surface area contributed by atoms with Crippen molar-refractivity contribution in [2.75, 3.05) is 28.6 Å². The van der Waals surface area contributed by atoms with Gasteiger partial charge in [0.1, 0.15) is 0 Å². The van der Waals surface area contributed by atoms with Gasteiger partial charge in [0, 0.05) is 29.5 Å². The predicted octanol–water partition coefficient (Wildman–Crippen LogP) is 3.75. The number of para-hydroxylation sites is 1. The highest BCUT2D eigenvalue weighted by Crippen LogP contribution is 2.39. The summed E-state index contributed by atoms with van der Waals surface area (Å²) in [7, 11) is 0. The first-order chi connectivity index (χ1) is 13.6. The van der Waals surface area contributed by atoms with Crippen molar-refractivity contribution in [1.82, 2.24) is 0 Å². The highest BCUT2D eigenvalue weighted by Gasteiger charge is 2.32. The molecule has 0 spiro atoms. The Morgan fingerprint density at radius 1 is 1.14 bits per heavy atom. The van der Waals surface area contributed by atoms with Crippen LogP contribution in [0.3, 0.4) is 0 Å². The number of rotatable bonds is 5. The van der Waals surface area contributed by atoms with E-state index < -0.39 is 0 Å². The zero-order valence-electron chi connectivity index (χ0n) is 16.5. The van der Waals surface area contributed by atoms with E-state index in [0.717, 1.165) is 23.5 Å². The number of fused-ring (bicyclic) bond motifs is 1. The highest BCUT2D eigenvalue weighted by molar-refractivity contribution is 5.95. The maximum atomic E-state index is 12.5. The number of nitrogens with zero attached hydrogens (tertiary/aromatic N) is 1. The van der Waals surface area contributed by atoms with Crippen molar-refractivity contribution in [2.45, 2.75) is 38.8 Å². The van der Waals surface area contributed by atoms with Crippen molar-refractivity contribution in [3.8, 4) is 11.8 Å². The minimum atomic E-state index is 0.155.